The van der Waals surface area contributed by atoms with Gasteiger partial charge in [-0.15, -0.1) is 0 Å². The van der Waals surface area contributed by atoms with E-state index in [-0.39, 0.29) is 17.4 Å². The number of allylic oxidation sites excluding steroid dienone is 1. The van der Waals surface area contributed by atoms with Crippen molar-refractivity contribution in [3.8, 4) is 0 Å². The van der Waals surface area contributed by atoms with Gasteiger partial charge in [0.05, 0.1) is 0 Å². The van der Waals surface area contributed by atoms with Crippen LogP contribution in [-0.2, 0) is 16.6 Å². The van der Waals surface area contributed by atoms with Gasteiger partial charge in [0.2, 0.25) is 5.91 Å². The molecule has 2 aliphatic carbocycles. The maximum atomic E-state index is 13.6. The molecule has 7 heteroatoms. The second-order valence-corrected chi connectivity index (χ2v) is 12.0. The van der Waals surface area contributed by atoms with E-state index in [2.05, 4.69) is 58.1 Å². The molecule has 1 spiro atoms. The van der Waals surface area contributed by atoms with Crippen LogP contribution in [0, 0.1) is 11.8 Å². The van der Waals surface area contributed by atoms with Gasteiger partial charge in [-0.25, -0.2) is 4.79 Å². The van der Waals surface area contributed by atoms with Crippen molar-refractivity contribution in [1.82, 2.24) is 20.5 Å². The molecule has 3 aliphatic rings. The minimum Gasteiger partial charge on any atom is -0.361 e. The fourth-order valence-corrected chi connectivity index (χ4v) is 7.12. The zero-order valence-electron chi connectivity index (χ0n) is 23.2. The highest BCUT2D eigenvalue weighted by Crippen LogP contribution is 2.43. The molecule has 5 N–H and O–H groups in total. The van der Waals surface area contributed by atoms with E-state index < -0.39 is 6.04 Å². The van der Waals surface area contributed by atoms with Crippen LogP contribution in [0.4, 0.5) is 4.79 Å². The van der Waals surface area contributed by atoms with E-state index in [0.717, 1.165) is 48.6 Å². The van der Waals surface area contributed by atoms with E-state index in [1.165, 1.54) is 17.5 Å². The normalized spacial score (nSPS) is 22.3. The summed E-state index contributed by atoms with van der Waals surface area (Å²) in [5, 5.41) is 7.39. The number of piperidine rings is 1. The van der Waals surface area contributed by atoms with Crippen LogP contribution in [-0.4, -0.2) is 54.0 Å². The Bertz CT molecular complexity index is 1390. The number of carbonyl (C=O) groups is 2. The van der Waals surface area contributed by atoms with Gasteiger partial charge in [-0.1, -0.05) is 61.0 Å². The van der Waals surface area contributed by atoms with E-state index in [0.29, 0.717) is 44.4 Å². The maximum absolute atomic E-state index is 13.6. The number of carbonyl (C=O) groups excluding carboxylic acids is 2. The number of nitrogens with one attached hydrogen (secondary N) is 3. The van der Waals surface area contributed by atoms with Gasteiger partial charge < -0.3 is 26.3 Å². The first-order valence-corrected chi connectivity index (χ1v) is 14.9. The van der Waals surface area contributed by atoms with Crippen molar-refractivity contribution in [3.63, 3.8) is 0 Å². The second kappa shape index (κ2) is 11.5. The van der Waals surface area contributed by atoms with E-state index in [1.54, 1.807) is 0 Å². The molecule has 7 nitrogen and oxygen atoms in total. The lowest BCUT2D eigenvalue weighted by molar-refractivity contribution is -0.123. The number of H-pyrrole nitrogens is 1. The number of aromatic nitrogens is 1. The summed E-state index contributed by atoms with van der Waals surface area (Å²) in [5.41, 5.74) is 10.7. The van der Waals surface area contributed by atoms with Crippen LogP contribution in [0.1, 0.15) is 55.2 Å². The van der Waals surface area contributed by atoms with Crippen LogP contribution in [0.5, 0.6) is 0 Å². The molecule has 2 fully saturated rings. The Kier molecular flexibility index (Phi) is 7.65. The average Bonchev–Trinajstić information content (AvgIpc) is 3.57. The van der Waals surface area contributed by atoms with E-state index in [9.17, 15) is 9.59 Å². The minimum atomic E-state index is -0.649. The molecule has 40 heavy (non-hydrogen) atoms. The van der Waals surface area contributed by atoms with E-state index in [1.807, 2.05) is 29.3 Å². The number of nitrogens with two attached hydrogens (primary N) is 1. The Balaban J connectivity index is 1.13. The van der Waals surface area contributed by atoms with Gasteiger partial charge in [-0.2, -0.15) is 0 Å². The molecule has 6 rings (SSSR count). The van der Waals surface area contributed by atoms with Gasteiger partial charge >= 0.3 is 6.03 Å². The van der Waals surface area contributed by atoms with Gasteiger partial charge in [-0.05, 0) is 73.2 Å². The largest absolute Gasteiger partial charge is 0.361 e. The van der Waals surface area contributed by atoms with Crippen LogP contribution < -0.4 is 16.4 Å². The molecule has 3 aromatic rings. The molecule has 2 heterocycles. The number of hydrogen-bond donors (Lipinski definition) is 4. The molecule has 2 aromatic carbocycles. The van der Waals surface area contributed by atoms with Crippen molar-refractivity contribution in [2.45, 2.75) is 56.4 Å². The second-order valence-electron chi connectivity index (χ2n) is 12.0. The van der Waals surface area contributed by atoms with Crippen LogP contribution in [0.2, 0.25) is 0 Å². The number of urea groups is 1. The highest BCUT2D eigenvalue weighted by molar-refractivity contribution is 5.89. The summed E-state index contributed by atoms with van der Waals surface area (Å²) in [6.07, 6.45) is 13.2. The molecule has 1 aromatic heterocycles. The van der Waals surface area contributed by atoms with Crippen molar-refractivity contribution < 1.29 is 9.59 Å². The summed E-state index contributed by atoms with van der Waals surface area (Å²) in [4.78, 5) is 32.3. The molecular weight excluding hydrogens is 498 g/mol. The number of benzene rings is 2. The fraction of sp³-hybridized carbons (Fsp3) is 0.455. The fourth-order valence-electron chi connectivity index (χ4n) is 7.12. The van der Waals surface area contributed by atoms with Crippen LogP contribution in [0.25, 0.3) is 17.0 Å². The number of likely N-dealkylation sites (tertiary alicyclic amines) is 1. The molecule has 210 valence electrons. The number of amides is 3. The Hall–Kier alpha value is -3.58. The third kappa shape index (κ3) is 5.39. The highest BCUT2D eigenvalue weighted by atomic mass is 16.2. The van der Waals surface area contributed by atoms with Gasteiger partial charge in [-0.3, -0.25) is 4.79 Å². The zero-order chi connectivity index (χ0) is 27.5. The van der Waals surface area contributed by atoms with E-state index >= 15 is 0 Å². The van der Waals surface area contributed by atoms with Crippen LogP contribution in [0.15, 0.2) is 60.8 Å². The van der Waals surface area contributed by atoms with Crippen molar-refractivity contribution in [2.75, 3.05) is 26.2 Å². The predicted molar refractivity (Wildman–Crippen MR) is 160 cm³/mol. The Morgan fingerprint density at radius 3 is 2.67 bits per heavy atom. The summed E-state index contributed by atoms with van der Waals surface area (Å²) >= 11 is 0. The molecule has 1 saturated carbocycles. The van der Waals surface area contributed by atoms with E-state index in [4.69, 9.17) is 5.73 Å². The number of rotatable bonds is 7. The average molecular weight is 540 g/mol. The maximum Gasteiger partial charge on any atom is 0.318 e. The van der Waals surface area contributed by atoms with Gasteiger partial charge in [0.15, 0.2) is 0 Å². The minimum absolute atomic E-state index is 0.00950. The molecule has 0 radical (unpaired) electrons. The first-order chi connectivity index (χ1) is 19.5. The first-order valence-electron chi connectivity index (χ1n) is 14.9. The SMILES string of the molecule is NCC1CCCC(CNC(=O)[C@@H](Cc2c[nH]c3ccccc23)NC(=O)N2CCC3(C=Cc4ccccc43)CC2)C1. The monoisotopic (exact) mass is 539 g/mol. The van der Waals surface area contributed by atoms with Crippen LogP contribution in [0.3, 0.4) is 0 Å². The number of fused-ring (bicyclic) bond motifs is 3. The molecule has 1 aliphatic heterocycles. The molecular formula is C33H41N5O2. The quantitative estimate of drug-likeness (QED) is 0.349. The predicted octanol–water partition coefficient (Wildman–Crippen LogP) is 4.73. The van der Waals surface area contributed by atoms with Crippen LogP contribution >= 0.6 is 0 Å². The molecule has 1 saturated heterocycles. The summed E-state index contributed by atoms with van der Waals surface area (Å²) in [6, 6.07) is 15.8. The van der Waals surface area contributed by atoms with Crippen molar-refractivity contribution in [3.05, 3.63) is 77.5 Å². The van der Waals surface area contributed by atoms with Crippen molar-refractivity contribution in [2.24, 2.45) is 17.6 Å². The van der Waals surface area contributed by atoms with Crippen molar-refractivity contribution in [1.29, 1.82) is 0 Å². The third-order valence-electron chi connectivity index (χ3n) is 9.52. The summed E-state index contributed by atoms with van der Waals surface area (Å²) in [7, 11) is 0. The molecule has 3 amide bonds. The lowest BCUT2D eigenvalue weighted by atomic mass is 9.74. The molecule has 3 atom stereocenters. The standard InChI is InChI=1S/C33H41N5O2/c34-20-23-6-5-7-24(18-23)21-36-31(39)30(19-26-22-35-29-11-4-2-9-27(26)29)37-32(40)38-16-14-33(15-17-38)13-12-25-8-1-3-10-28(25)33/h1-4,8-13,22-24,30,35H,5-7,14-21,34H2,(H,36,39)(H,37,40)/t23?,24?,30-/m1/s1. The molecule has 0 bridgehead atoms. The summed E-state index contributed by atoms with van der Waals surface area (Å²) < 4.78 is 0. The van der Waals surface area contributed by atoms with Gasteiger partial charge in [0.25, 0.3) is 0 Å². The number of para-hydroxylation sites is 1. The van der Waals surface area contributed by atoms with Gasteiger partial charge in [0, 0.05) is 48.6 Å². The Morgan fingerprint density at radius 1 is 1.05 bits per heavy atom. The summed E-state index contributed by atoms with van der Waals surface area (Å²) in [5.74, 6) is 0.868. The smallest absolute Gasteiger partial charge is 0.318 e. The highest BCUT2D eigenvalue weighted by Gasteiger charge is 2.39. The lowest BCUT2D eigenvalue weighted by Gasteiger charge is -2.39. The van der Waals surface area contributed by atoms with Crippen molar-refractivity contribution >= 4 is 28.9 Å². The third-order valence-corrected chi connectivity index (χ3v) is 9.52. The Morgan fingerprint density at radius 2 is 1.82 bits per heavy atom. The summed E-state index contributed by atoms with van der Waals surface area (Å²) in [6.45, 7) is 2.67. The number of hydrogen-bond acceptors (Lipinski definition) is 3. The Labute approximate surface area is 236 Å². The number of aromatic amines is 1. The first kappa shape index (κ1) is 26.6. The lowest BCUT2D eigenvalue weighted by Crippen LogP contribution is -2.55. The number of nitrogens with zero attached hydrogens (tertiary/aromatic N) is 1. The topological polar surface area (TPSA) is 103 Å². The molecule has 2 unspecified atom stereocenters. The van der Waals surface area contributed by atoms with Gasteiger partial charge in [0.1, 0.15) is 6.04 Å². The zero-order valence-corrected chi connectivity index (χ0v) is 23.2.